The van der Waals surface area contributed by atoms with Crippen molar-refractivity contribution in [3.8, 4) is 0 Å². The molecular weight excluding hydrogens is 216 g/mol. The maximum Gasteiger partial charge on any atom is 0.262 e. The van der Waals surface area contributed by atoms with Crippen LogP contribution in [0.3, 0.4) is 0 Å². The Balaban J connectivity index is 2.10. The van der Waals surface area contributed by atoms with Crippen LogP contribution < -0.4 is 4.90 Å². The zero-order chi connectivity index (χ0) is 11.8. The smallest absolute Gasteiger partial charge is 0.262 e. The average molecular weight is 226 g/mol. The highest BCUT2D eigenvalue weighted by molar-refractivity contribution is 6.10. The van der Waals surface area contributed by atoms with Crippen molar-refractivity contribution in [2.75, 3.05) is 4.90 Å². The van der Waals surface area contributed by atoms with Gasteiger partial charge in [0, 0.05) is 11.9 Å². The molecule has 2 aromatic rings. The minimum absolute atomic E-state index is 0.216. The summed E-state index contributed by atoms with van der Waals surface area (Å²) in [5.41, 5.74) is 1.55. The van der Waals surface area contributed by atoms with E-state index in [1.165, 1.54) is 4.90 Å². The number of carbonyl (C=O) groups excluding carboxylic acids is 1. The number of amides is 1. The molecule has 1 aromatic carbocycles. The van der Waals surface area contributed by atoms with E-state index in [1.807, 2.05) is 18.2 Å². The molecule has 4 heteroatoms. The molecule has 17 heavy (non-hydrogen) atoms. The number of nitrogens with zero attached hydrogens (tertiary/aromatic N) is 2. The first-order chi connectivity index (χ1) is 8.29. The highest BCUT2D eigenvalue weighted by Gasteiger charge is 2.37. The maximum atomic E-state index is 12.1. The lowest BCUT2D eigenvalue weighted by Crippen LogP contribution is -2.27. The van der Waals surface area contributed by atoms with Gasteiger partial charge in [-0.05, 0) is 24.3 Å². The second kappa shape index (κ2) is 3.68. The average Bonchev–Trinajstić information content (AvgIpc) is 2.64. The van der Waals surface area contributed by atoms with E-state index in [2.05, 4.69) is 4.98 Å². The summed E-state index contributed by atoms with van der Waals surface area (Å²) in [5, 5.41) is 10.1. The van der Waals surface area contributed by atoms with Crippen LogP contribution in [0.2, 0.25) is 0 Å². The normalized spacial score (nSPS) is 18.3. The van der Waals surface area contributed by atoms with Gasteiger partial charge in [-0.3, -0.25) is 14.7 Å². The zero-order valence-electron chi connectivity index (χ0n) is 8.95. The Hall–Kier alpha value is -2.20. The lowest BCUT2D eigenvalue weighted by Gasteiger charge is -2.20. The van der Waals surface area contributed by atoms with Crippen LogP contribution in [-0.2, 0) is 0 Å². The molecule has 0 aliphatic carbocycles. The molecular formula is C13H10N2O2. The molecule has 4 nitrogen and oxygen atoms in total. The van der Waals surface area contributed by atoms with Crippen molar-refractivity contribution >= 4 is 11.6 Å². The molecule has 3 rings (SSSR count). The van der Waals surface area contributed by atoms with Crippen molar-refractivity contribution in [2.24, 2.45) is 0 Å². The van der Waals surface area contributed by atoms with E-state index in [4.69, 9.17) is 0 Å². The number of pyridine rings is 1. The van der Waals surface area contributed by atoms with Crippen LogP contribution in [0, 0.1) is 0 Å². The van der Waals surface area contributed by atoms with Crippen LogP contribution in [0.15, 0.2) is 48.7 Å². The van der Waals surface area contributed by atoms with E-state index < -0.39 is 6.23 Å². The summed E-state index contributed by atoms with van der Waals surface area (Å²) < 4.78 is 0. The first-order valence-electron chi connectivity index (χ1n) is 5.30. The number of anilines is 1. The van der Waals surface area contributed by atoms with Crippen LogP contribution in [0.5, 0.6) is 0 Å². The van der Waals surface area contributed by atoms with E-state index in [-0.39, 0.29) is 5.91 Å². The Morgan fingerprint density at radius 3 is 2.59 bits per heavy atom. The van der Waals surface area contributed by atoms with Crippen LogP contribution in [0.1, 0.15) is 22.3 Å². The molecule has 1 aliphatic rings. The number of aliphatic hydroxyl groups excluding tert-OH is 1. The summed E-state index contributed by atoms with van der Waals surface area (Å²) in [6, 6.07) is 12.5. The topological polar surface area (TPSA) is 53.4 Å². The van der Waals surface area contributed by atoms with Gasteiger partial charge in [-0.2, -0.15) is 0 Å². The van der Waals surface area contributed by atoms with Gasteiger partial charge in [-0.1, -0.05) is 18.2 Å². The predicted octanol–water partition coefficient (Wildman–Crippen LogP) is 1.73. The number of para-hydroxylation sites is 1. The molecule has 0 spiro atoms. The number of carbonyl (C=O) groups is 1. The first kappa shape index (κ1) is 9.99. The van der Waals surface area contributed by atoms with Gasteiger partial charge in [-0.25, -0.2) is 0 Å². The molecule has 2 heterocycles. The van der Waals surface area contributed by atoms with Gasteiger partial charge >= 0.3 is 0 Å². The summed E-state index contributed by atoms with van der Waals surface area (Å²) in [7, 11) is 0. The molecule has 0 fully saturated rings. The lowest BCUT2D eigenvalue weighted by atomic mass is 10.2. The number of hydrogen-bond acceptors (Lipinski definition) is 3. The number of benzene rings is 1. The van der Waals surface area contributed by atoms with Crippen molar-refractivity contribution in [1.29, 1.82) is 0 Å². The summed E-state index contributed by atoms with van der Waals surface area (Å²) in [6.45, 7) is 0. The monoisotopic (exact) mass is 226 g/mol. The Bertz CT molecular complexity index is 569. The Kier molecular flexibility index (Phi) is 2.16. The van der Waals surface area contributed by atoms with Gasteiger partial charge in [0.2, 0.25) is 0 Å². The van der Waals surface area contributed by atoms with Gasteiger partial charge in [0.15, 0.2) is 6.23 Å². The van der Waals surface area contributed by atoms with Crippen molar-refractivity contribution in [3.05, 3.63) is 59.9 Å². The number of aromatic nitrogens is 1. The van der Waals surface area contributed by atoms with Crippen molar-refractivity contribution in [3.63, 3.8) is 0 Å². The summed E-state index contributed by atoms with van der Waals surface area (Å²) in [4.78, 5) is 17.5. The van der Waals surface area contributed by atoms with Crippen LogP contribution >= 0.6 is 0 Å². The molecule has 0 saturated heterocycles. The standard InChI is InChI=1S/C13H10N2O2/c16-12-10-7-4-8-14-11(10)13(17)15(12)9-5-2-1-3-6-9/h1-8,13,17H. The number of fused-ring (bicyclic) bond motifs is 1. The lowest BCUT2D eigenvalue weighted by molar-refractivity contribution is 0.0933. The van der Waals surface area contributed by atoms with E-state index in [1.54, 1.807) is 30.5 Å². The van der Waals surface area contributed by atoms with Crippen molar-refractivity contribution in [2.45, 2.75) is 6.23 Å². The molecule has 1 aromatic heterocycles. The quantitative estimate of drug-likeness (QED) is 0.805. The third-order valence-electron chi connectivity index (χ3n) is 2.81. The Morgan fingerprint density at radius 1 is 1.12 bits per heavy atom. The van der Waals surface area contributed by atoms with E-state index in [9.17, 15) is 9.90 Å². The van der Waals surface area contributed by atoms with Gasteiger partial charge in [-0.15, -0.1) is 0 Å². The van der Waals surface area contributed by atoms with E-state index in [0.29, 0.717) is 16.9 Å². The predicted molar refractivity (Wildman–Crippen MR) is 62.4 cm³/mol. The molecule has 0 saturated carbocycles. The third-order valence-corrected chi connectivity index (χ3v) is 2.81. The van der Waals surface area contributed by atoms with Gasteiger partial charge < -0.3 is 5.11 Å². The molecule has 1 aliphatic heterocycles. The molecule has 0 bridgehead atoms. The minimum Gasteiger partial charge on any atom is -0.368 e. The summed E-state index contributed by atoms with van der Waals surface area (Å²) in [6.07, 6.45) is 0.574. The Labute approximate surface area is 98.1 Å². The third kappa shape index (κ3) is 1.42. The molecule has 1 N–H and O–H groups in total. The second-order valence-electron chi connectivity index (χ2n) is 3.82. The van der Waals surface area contributed by atoms with Crippen molar-refractivity contribution < 1.29 is 9.90 Å². The fraction of sp³-hybridized carbons (Fsp3) is 0.0769. The van der Waals surface area contributed by atoms with Gasteiger partial charge in [0.05, 0.1) is 5.56 Å². The largest absolute Gasteiger partial charge is 0.368 e. The summed E-state index contributed by atoms with van der Waals surface area (Å²) in [5.74, 6) is -0.216. The number of aliphatic hydroxyl groups is 1. The molecule has 1 atom stereocenters. The highest BCUT2D eigenvalue weighted by Crippen LogP contribution is 2.33. The summed E-state index contributed by atoms with van der Waals surface area (Å²) >= 11 is 0. The van der Waals surface area contributed by atoms with Gasteiger partial charge in [0.25, 0.3) is 5.91 Å². The molecule has 84 valence electrons. The van der Waals surface area contributed by atoms with E-state index in [0.717, 1.165) is 0 Å². The minimum atomic E-state index is -0.999. The van der Waals surface area contributed by atoms with Crippen LogP contribution in [-0.4, -0.2) is 16.0 Å². The van der Waals surface area contributed by atoms with Crippen molar-refractivity contribution in [1.82, 2.24) is 4.98 Å². The SMILES string of the molecule is O=C1c2cccnc2C(O)N1c1ccccc1. The molecule has 1 amide bonds. The Morgan fingerprint density at radius 2 is 1.88 bits per heavy atom. The maximum absolute atomic E-state index is 12.1. The molecule has 0 radical (unpaired) electrons. The first-order valence-corrected chi connectivity index (χ1v) is 5.30. The van der Waals surface area contributed by atoms with Crippen LogP contribution in [0.4, 0.5) is 5.69 Å². The number of rotatable bonds is 1. The highest BCUT2D eigenvalue weighted by atomic mass is 16.3. The second-order valence-corrected chi connectivity index (χ2v) is 3.82. The number of hydrogen-bond donors (Lipinski definition) is 1. The van der Waals surface area contributed by atoms with E-state index >= 15 is 0 Å². The molecule has 1 unspecified atom stereocenters. The fourth-order valence-corrected chi connectivity index (χ4v) is 2.01. The fourth-order valence-electron chi connectivity index (χ4n) is 2.01. The zero-order valence-corrected chi connectivity index (χ0v) is 8.95. The van der Waals surface area contributed by atoms with Crippen LogP contribution in [0.25, 0.3) is 0 Å². The van der Waals surface area contributed by atoms with Gasteiger partial charge in [0.1, 0.15) is 5.69 Å².